The molecular weight excluding hydrogens is 288 g/mol. The number of rotatable bonds is 3. The summed E-state index contributed by atoms with van der Waals surface area (Å²) < 4.78 is 5.76. The highest BCUT2D eigenvalue weighted by molar-refractivity contribution is 6.10. The molecule has 1 aliphatic carbocycles. The monoisotopic (exact) mass is 304 g/mol. The van der Waals surface area contributed by atoms with Crippen LogP contribution in [-0.4, -0.2) is 17.8 Å². The van der Waals surface area contributed by atoms with Gasteiger partial charge in [-0.1, -0.05) is 23.4 Å². The minimum atomic E-state index is 0.851. The lowest BCUT2D eigenvalue weighted by atomic mass is 9.95. The molecule has 1 aromatic carbocycles. The van der Waals surface area contributed by atoms with Crippen LogP contribution in [0.15, 0.2) is 64.6 Å². The zero-order valence-corrected chi connectivity index (χ0v) is 12.8. The normalized spacial score (nSPS) is 14.9. The number of aromatic nitrogens is 1. The zero-order valence-electron chi connectivity index (χ0n) is 12.8. The average molecular weight is 304 g/mol. The maximum atomic E-state index is 5.76. The molecule has 0 bridgehead atoms. The fraction of sp³-hybridized carbons (Fsp3) is 0.158. The van der Waals surface area contributed by atoms with Crippen molar-refractivity contribution in [2.75, 3.05) is 7.11 Å². The average Bonchev–Trinajstić information content (AvgIpc) is 3.23. The van der Waals surface area contributed by atoms with Crippen LogP contribution in [0.25, 0.3) is 22.5 Å². The van der Waals surface area contributed by atoms with E-state index in [9.17, 15) is 0 Å². The van der Waals surface area contributed by atoms with E-state index in [0.29, 0.717) is 0 Å². The molecule has 0 radical (unpaired) electrons. The molecular formula is C19H16N2O2. The van der Waals surface area contributed by atoms with Gasteiger partial charge in [-0.2, -0.15) is 0 Å². The number of fused-ring (bicyclic) bond motifs is 1. The van der Waals surface area contributed by atoms with Crippen LogP contribution in [0.1, 0.15) is 17.5 Å². The lowest BCUT2D eigenvalue weighted by molar-refractivity contribution is 0.213. The number of pyridine rings is 1. The van der Waals surface area contributed by atoms with E-state index in [1.807, 2.05) is 18.2 Å². The van der Waals surface area contributed by atoms with Crippen molar-refractivity contribution in [1.82, 2.24) is 4.98 Å². The minimum Gasteiger partial charge on any atom is -0.464 e. The Balaban J connectivity index is 1.90. The lowest BCUT2D eigenvalue weighted by Gasteiger charge is -2.09. The Bertz CT molecular complexity index is 866. The van der Waals surface area contributed by atoms with Gasteiger partial charge in [0.15, 0.2) is 0 Å². The van der Waals surface area contributed by atoms with E-state index < -0.39 is 0 Å². The summed E-state index contributed by atoms with van der Waals surface area (Å²) in [5.74, 6) is 0.851. The van der Waals surface area contributed by atoms with Crippen LogP contribution in [0.4, 0.5) is 0 Å². The van der Waals surface area contributed by atoms with Gasteiger partial charge in [0.05, 0.1) is 12.0 Å². The van der Waals surface area contributed by atoms with Crippen molar-refractivity contribution in [3.05, 3.63) is 66.2 Å². The molecule has 23 heavy (non-hydrogen) atoms. The number of aryl methyl sites for hydroxylation is 1. The van der Waals surface area contributed by atoms with Crippen molar-refractivity contribution in [3.63, 3.8) is 0 Å². The van der Waals surface area contributed by atoms with Crippen molar-refractivity contribution in [3.8, 4) is 22.5 Å². The fourth-order valence-electron chi connectivity index (χ4n) is 3.20. The molecule has 114 valence electrons. The zero-order chi connectivity index (χ0) is 15.6. The minimum absolute atomic E-state index is 0.851. The molecule has 3 aromatic rings. The number of benzene rings is 1. The standard InChI is InChI=1S/C19H16N2O2/c1-22-21-17-6-5-13-3-2-4-15(18(13)17)16-9-12-23-19(16)14-7-10-20-11-8-14/h2-4,7-12H,5-6H2,1H3/b21-17+. The summed E-state index contributed by atoms with van der Waals surface area (Å²) in [6, 6.07) is 12.3. The Morgan fingerprint density at radius 2 is 1.91 bits per heavy atom. The van der Waals surface area contributed by atoms with Crippen LogP contribution in [0, 0.1) is 0 Å². The topological polar surface area (TPSA) is 47.6 Å². The number of oxime groups is 1. The summed E-state index contributed by atoms with van der Waals surface area (Å²) in [4.78, 5) is 9.10. The fourth-order valence-corrected chi connectivity index (χ4v) is 3.20. The summed E-state index contributed by atoms with van der Waals surface area (Å²) in [5, 5.41) is 4.21. The number of furan rings is 1. The Morgan fingerprint density at radius 3 is 2.74 bits per heavy atom. The molecule has 1 aliphatic rings. The molecule has 0 saturated carbocycles. The molecule has 4 rings (SSSR count). The first-order valence-corrected chi connectivity index (χ1v) is 7.59. The largest absolute Gasteiger partial charge is 0.464 e. The van der Waals surface area contributed by atoms with Gasteiger partial charge in [-0.25, -0.2) is 0 Å². The molecule has 0 amide bonds. The van der Waals surface area contributed by atoms with Crippen LogP contribution in [0.2, 0.25) is 0 Å². The van der Waals surface area contributed by atoms with Gasteiger partial charge >= 0.3 is 0 Å². The first kappa shape index (κ1) is 13.8. The van der Waals surface area contributed by atoms with Crippen molar-refractivity contribution in [1.29, 1.82) is 0 Å². The molecule has 4 heteroatoms. The third-order valence-corrected chi connectivity index (χ3v) is 4.17. The van der Waals surface area contributed by atoms with E-state index in [1.165, 1.54) is 11.1 Å². The summed E-state index contributed by atoms with van der Waals surface area (Å²) in [6.07, 6.45) is 7.17. The van der Waals surface area contributed by atoms with Gasteiger partial charge in [0.25, 0.3) is 0 Å². The third-order valence-electron chi connectivity index (χ3n) is 4.17. The Kier molecular flexibility index (Phi) is 3.42. The smallest absolute Gasteiger partial charge is 0.141 e. The van der Waals surface area contributed by atoms with E-state index in [0.717, 1.165) is 41.0 Å². The van der Waals surface area contributed by atoms with Crippen LogP contribution in [-0.2, 0) is 11.3 Å². The first-order valence-electron chi connectivity index (χ1n) is 7.59. The Hall–Kier alpha value is -2.88. The van der Waals surface area contributed by atoms with E-state index in [1.54, 1.807) is 25.8 Å². The molecule has 0 saturated heterocycles. The second-order valence-corrected chi connectivity index (χ2v) is 5.46. The quantitative estimate of drug-likeness (QED) is 0.678. The number of nitrogens with zero attached hydrogens (tertiary/aromatic N) is 2. The van der Waals surface area contributed by atoms with Crippen LogP contribution >= 0.6 is 0 Å². The third kappa shape index (κ3) is 2.32. The van der Waals surface area contributed by atoms with Gasteiger partial charge in [0.1, 0.15) is 12.9 Å². The van der Waals surface area contributed by atoms with Gasteiger partial charge in [-0.15, -0.1) is 0 Å². The van der Waals surface area contributed by atoms with Crippen molar-refractivity contribution >= 4 is 5.71 Å². The van der Waals surface area contributed by atoms with Crippen LogP contribution < -0.4 is 0 Å². The highest BCUT2D eigenvalue weighted by atomic mass is 16.6. The van der Waals surface area contributed by atoms with E-state index in [2.05, 4.69) is 28.3 Å². The summed E-state index contributed by atoms with van der Waals surface area (Å²) >= 11 is 0. The van der Waals surface area contributed by atoms with E-state index >= 15 is 0 Å². The lowest BCUT2D eigenvalue weighted by Crippen LogP contribution is -1.98. The number of hydrogen-bond donors (Lipinski definition) is 0. The molecule has 4 nitrogen and oxygen atoms in total. The summed E-state index contributed by atoms with van der Waals surface area (Å²) in [5.41, 5.74) is 6.70. The second-order valence-electron chi connectivity index (χ2n) is 5.46. The maximum Gasteiger partial charge on any atom is 0.141 e. The van der Waals surface area contributed by atoms with Crippen molar-refractivity contribution in [2.45, 2.75) is 12.8 Å². The molecule has 0 N–H and O–H groups in total. The van der Waals surface area contributed by atoms with E-state index in [4.69, 9.17) is 9.25 Å². The molecule has 2 heterocycles. The SMILES string of the molecule is CO/N=C1\CCc2cccc(-c3ccoc3-c3ccncc3)c21. The molecule has 0 unspecified atom stereocenters. The molecule has 0 atom stereocenters. The Labute approximate surface area is 134 Å². The van der Waals surface area contributed by atoms with Crippen molar-refractivity contribution < 1.29 is 9.25 Å². The molecule has 2 aromatic heterocycles. The highest BCUT2D eigenvalue weighted by Crippen LogP contribution is 2.38. The number of hydrogen-bond acceptors (Lipinski definition) is 4. The van der Waals surface area contributed by atoms with Gasteiger partial charge in [0.2, 0.25) is 0 Å². The van der Waals surface area contributed by atoms with Gasteiger partial charge in [-0.05, 0) is 42.2 Å². The predicted molar refractivity (Wildman–Crippen MR) is 89.2 cm³/mol. The van der Waals surface area contributed by atoms with Crippen LogP contribution in [0.5, 0.6) is 0 Å². The van der Waals surface area contributed by atoms with Gasteiger partial charge < -0.3 is 9.25 Å². The van der Waals surface area contributed by atoms with Gasteiger partial charge in [-0.3, -0.25) is 4.98 Å². The summed E-state index contributed by atoms with van der Waals surface area (Å²) in [6.45, 7) is 0. The Morgan fingerprint density at radius 1 is 1.04 bits per heavy atom. The molecule has 0 spiro atoms. The first-order chi connectivity index (χ1) is 11.4. The highest BCUT2D eigenvalue weighted by Gasteiger charge is 2.24. The maximum absolute atomic E-state index is 5.76. The van der Waals surface area contributed by atoms with E-state index in [-0.39, 0.29) is 0 Å². The second kappa shape index (κ2) is 5.72. The van der Waals surface area contributed by atoms with Gasteiger partial charge in [0, 0.05) is 29.1 Å². The van der Waals surface area contributed by atoms with Crippen LogP contribution in [0.3, 0.4) is 0 Å². The molecule has 0 aliphatic heterocycles. The molecule has 0 fully saturated rings. The summed E-state index contributed by atoms with van der Waals surface area (Å²) in [7, 11) is 1.59. The van der Waals surface area contributed by atoms with Crippen molar-refractivity contribution in [2.24, 2.45) is 5.16 Å². The predicted octanol–water partition coefficient (Wildman–Crippen LogP) is 4.31.